The first-order valence-electron chi connectivity index (χ1n) is 13.6. The van der Waals surface area contributed by atoms with Crippen molar-refractivity contribution in [1.82, 2.24) is 5.06 Å². The van der Waals surface area contributed by atoms with Crippen molar-refractivity contribution in [3.8, 4) is 0 Å². The molecule has 0 saturated carbocycles. The van der Waals surface area contributed by atoms with Crippen molar-refractivity contribution in [2.75, 3.05) is 6.16 Å². The van der Waals surface area contributed by atoms with Crippen LogP contribution in [0, 0.1) is 62.3 Å². The van der Waals surface area contributed by atoms with Gasteiger partial charge in [0.15, 0.2) is 0 Å². The summed E-state index contributed by atoms with van der Waals surface area (Å²) < 4.78 is 0. The second kappa shape index (κ2) is 10.7. The van der Waals surface area contributed by atoms with Gasteiger partial charge in [0.2, 0.25) is 0 Å². The van der Waals surface area contributed by atoms with Crippen LogP contribution in [0.5, 0.6) is 0 Å². The molecule has 6 heteroatoms. The average Bonchev–Trinajstić information content (AvgIpc) is 3.08. The Hall–Kier alpha value is -3.30. The zero-order valence-electron chi connectivity index (χ0n) is 24.7. The molecular weight excluding hydrogens is 505 g/mol. The Kier molecular flexibility index (Phi) is 7.87. The Morgan fingerprint density at radius 1 is 0.615 bits per heavy atom. The molecule has 206 valence electrons. The summed E-state index contributed by atoms with van der Waals surface area (Å²) in [5.41, 5.74) is 10.3. The summed E-state index contributed by atoms with van der Waals surface area (Å²) in [4.78, 5) is 44.3. The molecule has 0 atom stereocenters. The number of imide groups is 1. The van der Waals surface area contributed by atoms with Crippen LogP contribution in [-0.4, -0.2) is 29.0 Å². The fourth-order valence-electron chi connectivity index (χ4n) is 7.21. The van der Waals surface area contributed by atoms with Gasteiger partial charge in [-0.05, 0) is 0 Å². The molecule has 0 radical (unpaired) electrons. The van der Waals surface area contributed by atoms with Gasteiger partial charge in [0.25, 0.3) is 0 Å². The van der Waals surface area contributed by atoms with E-state index in [1.165, 1.54) is 32.6 Å². The summed E-state index contributed by atoms with van der Waals surface area (Å²) in [5.74, 6) is -1.48. The van der Waals surface area contributed by atoms with Crippen molar-refractivity contribution in [1.29, 1.82) is 0 Å². The predicted molar refractivity (Wildman–Crippen MR) is 161 cm³/mol. The van der Waals surface area contributed by atoms with Gasteiger partial charge in [-0.1, -0.05) is 0 Å². The van der Waals surface area contributed by atoms with E-state index >= 15 is 0 Å². The molecule has 0 aromatic heterocycles. The van der Waals surface area contributed by atoms with E-state index < -0.39 is 25.0 Å². The number of aryl methyl sites for hydroxylation is 9. The summed E-state index contributed by atoms with van der Waals surface area (Å²) in [5, 5.41) is 4.25. The van der Waals surface area contributed by atoms with E-state index in [4.69, 9.17) is 4.84 Å². The number of benzene rings is 3. The zero-order chi connectivity index (χ0) is 28.8. The SMILES string of the molecule is Cc1cc(C)c([PH](CC(=O)ON2C(=O)CCC2=O)(c2c(C)cc(C)cc2C)c2c(C)cc(C)cc2C)c(C)c1. The van der Waals surface area contributed by atoms with Crippen molar-refractivity contribution in [2.24, 2.45) is 0 Å². The molecule has 3 aromatic rings. The molecule has 0 bridgehead atoms. The van der Waals surface area contributed by atoms with Gasteiger partial charge in [-0.3, -0.25) is 0 Å². The molecule has 0 unspecified atom stereocenters. The van der Waals surface area contributed by atoms with Gasteiger partial charge in [-0.15, -0.1) is 0 Å². The first kappa shape index (κ1) is 28.7. The van der Waals surface area contributed by atoms with Crippen molar-refractivity contribution in [3.05, 3.63) is 86.5 Å². The third-order valence-corrected chi connectivity index (χ3v) is 13.7. The standard InChI is InChI=1S/C33H40NO4P/c1-19-12-22(4)31(23(5)13-19)39(32-24(6)14-20(2)15-25(32)7,33-26(8)16-21(3)17-27(33)9)18-30(37)38-34-28(35)10-11-29(34)36/h12-17,39H,10-11,18H2,1-9H3. The third-order valence-electron chi connectivity index (χ3n) is 7.92. The first-order valence-corrected chi connectivity index (χ1v) is 15.8. The number of carbonyl (C=O) groups excluding carboxylic acids is 3. The van der Waals surface area contributed by atoms with Crippen LogP contribution in [0.2, 0.25) is 0 Å². The van der Waals surface area contributed by atoms with Crippen LogP contribution >= 0.6 is 7.26 Å². The molecule has 5 nitrogen and oxygen atoms in total. The van der Waals surface area contributed by atoms with Gasteiger partial charge in [-0.25, -0.2) is 0 Å². The van der Waals surface area contributed by atoms with Crippen LogP contribution in [0.4, 0.5) is 0 Å². The van der Waals surface area contributed by atoms with Crippen molar-refractivity contribution in [3.63, 3.8) is 0 Å². The van der Waals surface area contributed by atoms with Crippen LogP contribution in [0.15, 0.2) is 36.4 Å². The maximum absolute atomic E-state index is 14.0. The summed E-state index contributed by atoms with van der Waals surface area (Å²) in [6.45, 7) is 19.1. The van der Waals surface area contributed by atoms with E-state index in [2.05, 4.69) is 98.7 Å². The summed E-state index contributed by atoms with van der Waals surface area (Å²) >= 11 is 0. The normalized spacial score (nSPS) is 14.2. The van der Waals surface area contributed by atoms with Crippen LogP contribution in [0.3, 0.4) is 0 Å². The number of rotatable bonds is 6. The molecular formula is C33H40NO4P. The Labute approximate surface area is 232 Å². The zero-order valence-corrected chi connectivity index (χ0v) is 25.7. The topological polar surface area (TPSA) is 63.7 Å². The fraction of sp³-hybridized carbons (Fsp3) is 0.364. The van der Waals surface area contributed by atoms with Crippen molar-refractivity contribution < 1.29 is 19.2 Å². The number of hydroxylamine groups is 2. The van der Waals surface area contributed by atoms with E-state index in [1.54, 1.807) is 0 Å². The monoisotopic (exact) mass is 545 g/mol. The minimum atomic E-state index is -3.16. The van der Waals surface area contributed by atoms with E-state index in [1.807, 2.05) is 0 Å². The third kappa shape index (κ3) is 5.17. The van der Waals surface area contributed by atoms with Crippen molar-refractivity contribution >= 4 is 41.0 Å². The molecule has 1 fully saturated rings. The molecule has 2 amide bonds. The quantitative estimate of drug-likeness (QED) is 0.320. The van der Waals surface area contributed by atoms with Gasteiger partial charge < -0.3 is 0 Å². The molecule has 39 heavy (non-hydrogen) atoms. The fourth-order valence-corrected chi connectivity index (χ4v) is 13.5. The number of carbonyl (C=O) groups is 3. The van der Waals surface area contributed by atoms with Gasteiger partial charge in [0.05, 0.1) is 0 Å². The Bertz CT molecular complexity index is 1300. The summed E-state index contributed by atoms with van der Waals surface area (Å²) in [6, 6.07) is 13.2. The van der Waals surface area contributed by atoms with Gasteiger partial charge in [-0.2, -0.15) is 0 Å². The molecule has 3 aromatic carbocycles. The van der Waals surface area contributed by atoms with Gasteiger partial charge in [0.1, 0.15) is 0 Å². The molecule has 0 spiro atoms. The number of nitrogens with zero attached hydrogens (tertiary/aromatic N) is 1. The summed E-state index contributed by atoms with van der Waals surface area (Å²) in [6.07, 6.45) is 0.207. The number of hydrogen-bond acceptors (Lipinski definition) is 4. The molecule has 1 saturated heterocycles. The predicted octanol–water partition coefficient (Wildman–Crippen LogP) is 5.10. The summed E-state index contributed by atoms with van der Waals surface area (Å²) in [7, 11) is -3.16. The molecule has 1 aliphatic heterocycles. The number of hydrogen-bond donors (Lipinski definition) is 0. The molecule has 1 aliphatic rings. The van der Waals surface area contributed by atoms with E-state index in [0.29, 0.717) is 5.06 Å². The minimum absolute atomic E-state index is 0.0667. The maximum atomic E-state index is 14.0. The Balaban J connectivity index is 2.13. The molecule has 1 heterocycles. The molecule has 0 aliphatic carbocycles. The van der Waals surface area contributed by atoms with Crippen LogP contribution in [0.1, 0.15) is 62.9 Å². The van der Waals surface area contributed by atoms with Crippen LogP contribution in [-0.2, 0) is 19.2 Å². The molecule has 4 rings (SSSR count). The van der Waals surface area contributed by atoms with E-state index in [0.717, 1.165) is 33.4 Å². The van der Waals surface area contributed by atoms with E-state index in [9.17, 15) is 14.4 Å². The van der Waals surface area contributed by atoms with Crippen LogP contribution < -0.4 is 15.9 Å². The van der Waals surface area contributed by atoms with E-state index in [-0.39, 0.29) is 19.0 Å². The average molecular weight is 546 g/mol. The Morgan fingerprint density at radius 3 is 1.18 bits per heavy atom. The van der Waals surface area contributed by atoms with Crippen molar-refractivity contribution in [2.45, 2.75) is 75.2 Å². The van der Waals surface area contributed by atoms with Gasteiger partial charge >= 0.3 is 233 Å². The second-order valence-electron chi connectivity index (χ2n) is 11.4. The second-order valence-corrected chi connectivity index (χ2v) is 15.1. The van der Waals surface area contributed by atoms with Gasteiger partial charge in [0, 0.05) is 0 Å². The first-order chi connectivity index (χ1) is 18.3. The number of amides is 2. The Morgan fingerprint density at radius 2 is 0.897 bits per heavy atom. The van der Waals surface area contributed by atoms with Crippen LogP contribution in [0.25, 0.3) is 0 Å². The molecule has 0 N–H and O–H groups in total.